The third kappa shape index (κ3) is 9.26. The lowest BCUT2D eigenvalue weighted by Crippen LogP contribution is -2.26. The molecule has 230 valence electrons. The van der Waals surface area contributed by atoms with Crippen LogP contribution in [0.3, 0.4) is 0 Å². The Morgan fingerprint density at radius 3 is 2.19 bits per heavy atom. The van der Waals surface area contributed by atoms with Crippen LogP contribution in [0.25, 0.3) is 0 Å². The molecule has 3 aliphatic carbocycles. The molecule has 3 rings (SSSR count). The zero-order valence-corrected chi connectivity index (χ0v) is 28.1. The van der Waals surface area contributed by atoms with Crippen molar-refractivity contribution in [1.82, 2.24) is 0 Å². The van der Waals surface area contributed by atoms with E-state index in [9.17, 15) is 0 Å². The van der Waals surface area contributed by atoms with Gasteiger partial charge in [0.05, 0.1) is 5.57 Å². The van der Waals surface area contributed by atoms with Crippen molar-refractivity contribution in [3.05, 3.63) is 107 Å². The second-order valence-corrected chi connectivity index (χ2v) is 13.8. The fourth-order valence-corrected chi connectivity index (χ4v) is 6.69. The smallest absolute Gasteiger partial charge is 0.426 e. The van der Waals surface area contributed by atoms with Crippen molar-refractivity contribution in [1.29, 1.82) is 0 Å². The number of fused-ring (bicyclic) bond motifs is 1. The molecule has 0 bridgehead atoms. The molecule has 0 saturated heterocycles. The topological polar surface area (TPSA) is 9.23 Å². The summed E-state index contributed by atoms with van der Waals surface area (Å²) in [6.07, 6.45) is 26.3. The molecule has 5 heteroatoms. The number of thiol groups is 2. The van der Waals surface area contributed by atoms with Crippen molar-refractivity contribution in [3.8, 4) is 0 Å². The maximum atomic E-state index is 16.2. The van der Waals surface area contributed by atoms with Gasteiger partial charge in [-0.1, -0.05) is 99.9 Å². The van der Waals surface area contributed by atoms with Crippen LogP contribution in [0, 0.1) is 16.2 Å². The average molecular weight is 613 g/mol. The maximum absolute atomic E-state index is 16.2. The summed E-state index contributed by atoms with van der Waals surface area (Å²) in [6, 6.07) is 0. The second-order valence-electron chi connectivity index (χ2n) is 12.9. The Labute approximate surface area is 264 Å². The van der Waals surface area contributed by atoms with Crippen LogP contribution >= 0.6 is 25.3 Å². The van der Waals surface area contributed by atoms with E-state index in [-0.39, 0.29) is 16.7 Å². The predicted octanol–water partition coefficient (Wildman–Crippen LogP) is 11.5. The van der Waals surface area contributed by atoms with Crippen molar-refractivity contribution < 1.29 is 13.5 Å². The minimum Gasteiger partial charge on any atom is -0.429 e. The largest absolute Gasteiger partial charge is 0.429 e. The Hall–Kier alpha value is -1.98. The maximum Gasteiger partial charge on any atom is 0.426 e. The van der Waals surface area contributed by atoms with E-state index in [4.69, 9.17) is 4.74 Å². The van der Waals surface area contributed by atoms with Crippen LogP contribution in [0.4, 0.5) is 8.78 Å². The molecule has 3 unspecified atom stereocenters. The van der Waals surface area contributed by atoms with Crippen molar-refractivity contribution in [3.63, 3.8) is 0 Å². The molecular weight excluding hydrogens is 563 g/mol. The summed E-state index contributed by atoms with van der Waals surface area (Å²) in [5, 5.41) is 0. The van der Waals surface area contributed by atoms with Crippen molar-refractivity contribution in [2.24, 2.45) is 16.2 Å². The molecule has 0 aliphatic heterocycles. The molecule has 0 N–H and O–H groups in total. The Morgan fingerprint density at radius 2 is 1.50 bits per heavy atom. The Bertz CT molecular complexity index is 1260. The zero-order valence-electron chi connectivity index (χ0n) is 26.4. The van der Waals surface area contributed by atoms with Crippen molar-refractivity contribution in [2.75, 3.05) is 11.5 Å². The summed E-state index contributed by atoms with van der Waals surface area (Å²) in [7, 11) is 0. The highest BCUT2D eigenvalue weighted by Gasteiger charge is 2.42. The molecule has 0 saturated carbocycles. The van der Waals surface area contributed by atoms with Crippen molar-refractivity contribution in [2.45, 2.75) is 92.6 Å². The normalized spacial score (nSPS) is 28.0. The first-order chi connectivity index (χ1) is 19.8. The summed E-state index contributed by atoms with van der Waals surface area (Å²) in [5.74, 6) is 1.76. The minimum atomic E-state index is -3.51. The van der Waals surface area contributed by atoms with E-state index in [0.29, 0.717) is 6.42 Å². The summed E-state index contributed by atoms with van der Waals surface area (Å²) in [6.45, 7) is 12.6. The summed E-state index contributed by atoms with van der Waals surface area (Å²) in [5.41, 5.74) is 2.92. The third-order valence-corrected chi connectivity index (χ3v) is 8.95. The molecule has 0 aromatic heterocycles. The van der Waals surface area contributed by atoms with Gasteiger partial charge >= 0.3 is 6.11 Å². The quantitative estimate of drug-likeness (QED) is 0.119. The number of hydrogen-bond acceptors (Lipinski definition) is 3. The first-order valence-corrected chi connectivity index (χ1v) is 16.6. The second kappa shape index (κ2) is 14.7. The lowest BCUT2D eigenvalue weighted by Gasteiger charge is -2.33. The average Bonchev–Trinajstić information content (AvgIpc) is 3.19. The monoisotopic (exact) mass is 612 g/mol. The molecule has 0 fully saturated rings. The molecule has 0 spiro atoms. The Kier molecular flexibility index (Phi) is 12.0. The van der Waals surface area contributed by atoms with Gasteiger partial charge in [0.2, 0.25) is 0 Å². The molecule has 3 atom stereocenters. The highest BCUT2D eigenvalue weighted by molar-refractivity contribution is 7.80. The predicted molar refractivity (Wildman–Crippen MR) is 183 cm³/mol. The number of hydrogen-bond donors (Lipinski definition) is 2. The van der Waals surface area contributed by atoms with Gasteiger partial charge in [-0.3, -0.25) is 0 Å². The van der Waals surface area contributed by atoms with Gasteiger partial charge in [0.15, 0.2) is 0 Å². The number of alkyl halides is 2. The highest BCUT2D eigenvalue weighted by Crippen LogP contribution is 2.49. The van der Waals surface area contributed by atoms with Gasteiger partial charge in [0.25, 0.3) is 0 Å². The van der Waals surface area contributed by atoms with E-state index in [2.05, 4.69) is 96.3 Å². The van der Waals surface area contributed by atoms with Gasteiger partial charge in [-0.05, 0) is 93.3 Å². The molecule has 3 aliphatic rings. The van der Waals surface area contributed by atoms with Crippen LogP contribution in [0.5, 0.6) is 0 Å². The van der Waals surface area contributed by atoms with Gasteiger partial charge in [0, 0.05) is 16.2 Å². The van der Waals surface area contributed by atoms with Crippen LogP contribution in [0.2, 0.25) is 0 Å². The standard InChI is InChI=1S/C37H50F2OS2/c1-7-8-9-17-34(4)23-28(2)13-16-32(26-34)40-37(38,39)31-15-14-30-22-29(3)24-35(5,18-12-21-42)27-33(30)36(6,25-31)19-10-11-20-41/h8-9,13-16,22-27,41-42H,7,10-12,17-21H2,1-6H3/b9-8+. The number of ether oxygens (including phenoxy) is 1. The van der Waals surface area contributed by atoms with Gasteiger partial charge in [-0.2, -0.15) is 34.0 Å². The van der Waals surface area contributed by atoms with Crippen molar-refractivity contribution >= 4 is 25.3 Å². The first kappa shape index (κ1) is 34.5. The van der Waals surface area contributed by atoms with Crippen LogP contribution in [0.1, 0.15) is 86.5 Å². The van der Waals surface area contributed by atoms with Gasteiger partial charge in [0.1, 0.15) is 5.76 Å². The SMILES string of the molecule is CC/C=C/CC1(C)C=C(C)C=CC(OC(F)(F)C2=CC(C)(CCCCS)C3=CC(C)(CCCS)C=C(C)C=C3C=C2)=C1. The highest BCUT2D eigenvalue weighted by atomic mass is 32.1. The molecular formula is C37H50F2OS2. The lowest BCUT2D eigenvalue weighted by molar-refractivity contribution is -0.177. The molecule has 0 aromatic carbocycles. The molecule has 0 radical (unpaired) electrons. The number of rotatable bonds is 13. The molecule has 42 heavy (non-hydrogen) atoms. The first-order valence-electron chi connectivity index (χ1n) is 15.4. The van der Waals surface area contributed by atoms with E-state index < -0.39 is 16.9 Å². The summed E-state index contributed by atoms with van der Waals surface area (Å²) >= 11 is 8.87. The fourth-order valence-electron chi connectivity index (χ4n) is 6.31. The third-order valence-electron chi connectivity index (χ3n) is 8.32. The molecule has 0 aromatic rings. The van der Waals surface area contributed by atoms with Crippen LogP contribution < -0.4 is 0 Å². The van der Waals surface area contributed by atoms with E-state index in [1.165, 1.54) is 0 Å². The Morgan fingerprint density at radius 1 is 0.786 bits per heavy atom. The van der Waals surface area contributed by atoms with Crippen LogP contribution in [-0.2, 0) is 4.74 Å². The molecule has 1 nitrogen and oxygen atoms in total. The van der Waals surface area contributed by atoms with Crippen LogP contribution in [-0.4, -0.2) is 17.6 Å². The van der Waals surface area contributed by atoms with Gasteiger partial charge < -0.3 is 4.74 Å². The van der Waals surface area contributed by atoms with E-state index in [1.807, 2.05) is 25.2 Å². The fraction of sp³-hybridized carbons (Fsp3) is 0.514. The van der Waals surface area contributed by atoms with Gasteiger partial charge in [-0.15, -0.1) is 0 Å². The number of halogens is 2. The minimum absolute atomic E-state index is 0.111. The summed E-state index contributed by atoms with van der Waals surface area (Å²) in [4.78, 5) is 0. The number of allylic oxidation sites excluding steroid dienone is 15. The van der Waals surface area contributed by atoms with E-state index in [0.717, 1.165) is 72.3 Å². The Balaban J connectivity index is 2.07. The van der Waals surface area contributed by atoms with E-state index >= 15 is 8.78 Å². The zero-order chi connectivity index (χ0) is 31.0. The summed E-state index contributed by atoms with van der Waals surface area (Å²) < 4.78 is 38.1. The van der Waals surface area contributed by atoms with Gasteiger partial charge in [-0.25, -0.2) is 0 Å². The lowest BCUT2D eigenvalue weighted by atomic mass is 9.71. The number of unbranched alkanes of at least 4 members (excludes halogenated alkanes) is 1. The van der Waals surface area contributed by atoms with E-state index in [1.54, 1.807) is 18.2 Å². The molecule has 0 amide bonds. The molecule has 0 heterocycles. The van der Waals surface area contributed by atoms with Crippen LogP contribution in [0.15, 0.2) is 107 Å².